The molecule has 4 fully saturated rings. The van der Waals surface area contributed by atoms with Crippen LogP contribution in [0.4, 0.5) is 0 Å². The Morgan fingerprint density at radius 2 is 1.40 bits per heavy atom. The van der Waals surface area contributed by atoms with Crippen LogP contribution in [0.5, 0.6) is 5.75 Å². The monoisotopic (exact) mass is 954 g/mol. The molecule has 0 saturated heterocycles. The Morgan fingerprint density at radius 1 is 0.839 bits per heavy atom. The van der Waals surface area contributed by atoms with Gasteiger partial charge in [0.1, 0.15) is 24.1 Å². The number of rotatable bonds is 15. The van der Waals surface area contributed by atoms with Gasteiger partial charge in [-0.3, -0.25) is 12.5 Å². The molecule has 0 bridgehead atoms. The second-order valence-corrected chi connectivity index (χ2v) is 20.6. The van der Waals surface area contributed by atoms with E-state index < -0.39 is 79.3 Å². The van der Waals surface area contributed by atoms with Gasteiger partial charge in [-0.15, -0.1) is 0 Å². The molecule has 0 aliphatic heterocycles. The van der Waals surface area contributed by atoms with E-state index in [0.717, 1.165) is 24.8 Å². The van der Waals surface area contributed by atoms with E-state index in [-0.39, 0.29) is 142 Å². The third-order valence-electron chi connectivity index (χ3n) is 14.2. The third kappa shape index (κ3) is 12.8. The van der Waals surface area contributed by atoms with Crippen molar-refractivity contribution in [1.29, 1.82) is 0 Å². The minimum absolute atomic E-state index is 0. The van der Waals surface area contributed by atoms with Gasteiger partial charge in [-0.2, -0.15) is 0 Å². The number of imidazole rings is 1. The number of hydrogen-bond donors (Lipinski definition) is 0. The van der Waals surface area contributed by atoms with E-state index in [1.165, 1.54) is 0 Å². The molecular formula is C39H53N2Na3O15S3. The van der Waals surface area contributed by atoms with Crippen LogP contribution < -0.4 is 93.4 Å². The van der Waals surface area contributed by atoms with Gasteiger partial charge in [0.15, 0.2) is 0 Å². The molecule has 4 saturated carbocycles. The van der Waals surface area contributed by atoms with Crippen molar-refractivity contribution in [3.8, 4) is 17.0 Å². The van der Waals surface area contributed by atoms with Crippen molar-refractivity contribution in [2.45, 2.75) is 110 Å². The second-order valence-electron chi connectivity index (χ2n) is 17.6. The fraction of sp³-hybridized carbons (Fsp3) is 0.692. The number of fused-ring (bicyclic) bond motifs is 5. The van der Waals surface area contributed by atoms with Crippen molar-refractivity contribution in [1.82, 2.24) is 9.55 Å². The van der Waals surface area contributed by atoms with E-state index in [9.17, 15) is 43.7 Å². The van der Waals surface area contributed by atoms with Crippen LogP contribution in [0.25, 0.3) is 11.3 Å². The summed E-state index contributed by atoms with van der Waals surface area (Å²) >= 11 is 0. The average molecular weight is 955 g/mol. The average Bonchev–Trinajstić information content (AvgIpc) is 3.68. The Balaban J connectivity index is 0.00000341. The molecule has 330 valence electrons. The number of aromatic nitrogens is 2. The van der Waals surface area contributed by atoms with Crippen LogP contribution in [-0.2, 0) is 55.5 Å². The molecule has 0 N–H and O–H groups in total. The van der Waals surface area contributed by atoms with Crippen LogP contribution in [0.2, 0.25) is 0 Å². The summed E-state index contributed by atoms with van der Waals surface area (Å²) in [6.07, 6.45) is 0.307. The summed E-state index contributed by atoms with van der Waals surface area (Å²) in [6.45, 7) is 12.1. The van der Waals surface area contributed by atoms with Crippen molar-refractivity contribution in [2.24, 2.45) is 53.4 Å². The van der Waals surface area contributed by atoms with Gasteiger partial charge in [-0.25, -0.2) is 35.0 Å². The summed E-state index contributed by atoms with van der Waals surface area (Å²) in [5, 5.41) is 0. The van der Waals surface area contributed by atoms with Crippen molar-refractivity contribution in [2.75, 3.05) is 7.11 Å². The van der Waals surface area contributed by atoms with Crippen molar-refractivity contribution in [3.63, 3.8) is 0 Å². The van der Waals surface area contributed by atoms with Crippen molar-refractivity contribution >= 4 is 37.2 Å². The molecular weight excluding hydrogens is 902 g/mol. The first kappa shape index (κ1) is 56.4. The Bertz CT molecular complexity index is 2250. The second kappa shape index (κ2) is 21.6. The molecule has 2 aromatic rings. The molecule has 0 amide bonds. The first-order chi connectivity index (χ1) is 27.3. The Hall–Kier alpha value is 0.0500. The SMILES string of the molecule is C=C(C)[C@@H](CC[C@@H](C)[C@H]1CC[C@H]2[C@@H]3C[C@H](OS(=O)(=O)[O-])[C@H]4C[C@@H](OS(=O)(=O)[O-])[C@@H](OS(=O)(=O)[O-])C[C@]4(C)[C@H]3CC[C@]12C)OC(=O)c1nc(-c2ccc(OC)cc2)cn1C.[Na+].[Na+].[Na+]. The summed E-state index contributed by atoms with van der Waals surface area (Å²) in [7, 11) is -12.7. The van der Waals surface area contributed by atoms with Gasteiger partial charge in [-0.1, -0.05) is 27.4 Å². The van der Waals surface area contributed by atoms with Crippen LogP contribution in [0.3, 0.4) is 0 Å². The number of aryl methyl sites for hydroxylation is 1. The van der Waals surface area contributed by atoms with Crippen molar-refractivity contribution in [3.05, 3.63) is 48.4 Å². The van der Waals surface area contributed by atoms with Crippen LogP contribution in [0.15, 0.2) is 42.6 Å². The molecule has 6 rings (SSSR count). The summed E-state index contributed by atoms with van der Waals surface area (Å²) < 4.78 is 134. The number of carbonyl (C=O) groups is 1. The zero-order valence-corrected chi connectivity index (χ0v) is 45.4. The van der Waals surface area contributed by atoms with E-state index in [1.807, 2.05) is 31.2 Å². The molecule has 17 nitrogen and oxygen atoms in total. The predicted molar refractivity (Wildman–Crippen MR) is 207 cm³/mol. The van der Waals surface area contributed by atoms with Gasteiger partial charge in [0.05, 0.1) is 18.9 Å². The van der Waals surface area contributed by atoms with Gasteiger partial charge in [-0.05, 0) is 141 Å². The summed E-state index contributed by atoms with van der Waals surface area (Å²) in [5.74, 6) is -0.509. The molecule has 0 radical (unpaired) electrons. The van der Waals surface area contributed by atoms with Crippen LogP contribution in [0.1, 0.15) is 96.1 Å². The minimum Gasteiger partial charge on any atom is -0.726 e. The molecule has 4 aliphatic rings. The number of methoxy groups -OCH3 is 1. The fourth-order valence-electron chi connectivity index (χ4n) is 11.8. The van der Waals surface area contributed by atoms with E-state index in [1.54, 1.807) is 31.8 Å². The summed E-state index contributed by atoms with van der Waals surface area (Å²) in [4.78, 5) is 18.0. The van der Waals surface area contributed by atoms with Crippen LogP contribution in [0, 0.1) is 46.3 Å². The molecule has 12 atom stereocenters. The normalized spacial score (nSPS) is 31.6. The summed E-state index contributed by atoms with van der Waals surface area (Å²) in [5.41, 5.74) is 0.890. The first-order valence-corrected chi connectivity index (χ1v) is 23.8. The van der Waals surface area contributed by atoms with Gasteiger partial charge in [0.25, 0.3) is 0 Å². The first-order valence-electron chi connectivity index (χ1n) is 19.8. The molecule has 23 heteroatoms. The number of nitrogens with zero attached hydrogens (tertiary/aromatic N) is 2. The van der Waals surface area contributed by atoms with E-state index in [2.05, 4.69) is 29.6 Å². The maximum atomic E-state index is 13.5. The molecule has 0 unspecified atom stereocenters. The standard InChI is InChI=1S/C39H56N2O15S3.3Na/c1-22(2)32(53-37(42)36-40-31(21-41(36)6)24-9-11-25(52-7)12-10-24)15-8-23(3)27-13-14-28-26-18-33(54-57(43,44)45)30-19-34(55-58(46,47)48)35(56-59(49,50)51)20-39(30,5)29(26)16-17-38(27,28)4;;;/h9-12,21,23,26-30,32-35H,1,8,13-20H2,2-7H3,(H,43,44,45)(H,46,47,48)(H,49,50,51);;;/q;3*+1/p-3/t23-,26+,27-,28+,29+,30-,32-,33+,34-,35+,38-,39-;;;/m1.../s1. The molecule has 1 aromatic carbocycles. The smallest absolute Gasteiger partial charge is 0.726 e. The molecule has 1 aromatic heterocycles. The molecule has 62 heavy (non-hydrogen) atoms. The van der Waals surface area contributed by atoms with Gasteiger partial charge < -0.3 is 27.7 Å². The number of carbonyl (C=O) groups excluding carboxylic acids is 1. The Labute approximate surface area is 432 Å². The number of esters is 1. The largest absolute Gasteiger partial charge is 1.00 e. The molecule has 0 spiro atoms. The zero-order valence-electron chi connectivity index (χ0n) is 37.0. The van der Waals surface area contributed by atoms with Crippen LogP contribution >= 0.6 is 0 Å². The van der Waals surface area contributed by atoms with Crippen molar-refractivity contribution < 1.29 is 154 Å². The Morgan fingerprint density at radius 3 is 1.97 bits per heavy atom. The van der Waals surface area contributed by atoms with Gasteiger partial charge >= 0.3 is 94.6 Å². The topological polar surface area (TPSA) is 253 Å². The maximum Gasteiger partial charge on any atom is 1.00 e. The maximum absolute atomic E-state index is 13.5. The van der Waals surface area contributed by atoms with Gasteiger partial charge in [0, 0.05) is 18.8 Å². The van der Waals surface area contributed by atoms with E-state index >= 15 is 0 Å². The molecule has 1 heterocycles. The minimum atomic E-state index is -5.41. The number of ether oxygens (including phenoxy) is 2. The quantitative estimate of drug-likeness (QED) is 0.0543. The Kier molecular flexibility index (Phi) is 19.6. The van der Waals surface area contributed by atoms with E-state index in [0.29, 0.717) is 36.3 Å². The van der Waals surface area contributed by atoms with Crippen LogP contribution in [-0.4, -0.2) is 86.0 Å². The zero-order chi connectivity index (χ0) is 43.5. The number of benzene rings is 1. The third-order valence-corrected chi connectivity index (χ3v) is 15.7. The fourth-order valence-corrected chi connectivity index (χ4v) is 13.3. The van der Waals surface area contributed by atoms with E-state index in [4.69, 9.17) is 17.8 Å². The number of hydrogen-bond acceptors (Lipinski definition) is 16. The summed E-state index contributed by atoms with van der Waals surface area (Å²) in [6, 6.07) is 7.33. The molecule has 4 aliphatic carbocycles. The van der Waals surface area contributed by atoms with Gasteiger partial charge in [0.2, 0.25) is 37.0 Å². The predicted octanol–water partition coefficient (Wildman–Crippen LogP) is -3.96.